The van der Waals surface area contributed by atoms with Gasteiger partial charge in [-0.15, -0.1) is 13.2 Å². The second-order valence-corrected chi connectivity index (χ2v) is 5.84. The quantitative estimate of drug-likeness (QED) is 0.867. The fourth-order valence-electron chi connectivity index (χ4n) is 3.15. The van der Waals surface area contributed by atoms with Crippen LogP contribution in [0.4, 0.5) is 13.2 Å². The highest BCUT2D eigenvalue weighted by atomic mass is 19.4. The van der Waals surface area contributed by atoms with Gasteiger partial charge in [0.2, 0.25) is 0 Å². The lowest BCUT2D eigenvalue weighted by Gasteiger charge is -2.32. The Morgan fingerprint density at radius 3 is 2.48 bits per heavy atom. The Balaban J connectivity index is 2.02. The predicted octanol–water partition coefficient (Wildman–Crippen LogP) is 4.80. The lowest BCUT2D eigenvalue weighted by Crippen LogP contribution is -2.26. The highest BCUT2D eigenvalue weighted by Crippen LogP contribution is 2.37. The summed E-state index contributed by atoms with van der Waals surface area (Å²) in [7, 11) is 0. The first-order chi connectivity index (χ1) is 9.89. The van der Waals surface area contributed by atoms with Crippen molar-refractivity contribution < 1.29 is 17.9 Å². The molecule has 0 spiro atoms. The Bertz CT molecular complexity index is 453. The van der Waals surface area contributed by atoms with Crippen LogP contribution in [-0.4, -0.2) is 6.36 Å². The van der Waals surface area contributed by atoms with Gasteiger partial charge in [0.05, 0.1) is 0 Å². The van der Waals surface area contributed by atoms with E-state index in [-0.39, 0.29) is 11.8 Å². The molecule has 1 aliphatic rings. The zero-order valence-electron chi connectivity index (χ0n) is 12.2. The van der Waals surface area contributed by atoms with Crippen LogP contribution in [0, 0.1) is 11.8 Å². The van der Waals surface area contributed by atoms with Crippen molar-refractivity contribution in [2.24, 2.45) is 17.6 Å². The molecule has 0 saturated heterocycles. The number of nitrogens with two attached hydrogens (primary N) is 1. The van der Waals surface area contributed by atoms with Gasteiger partial charge in [-0.1, -0.05) is 38.3 Å². The average Bonchev–Trinajstić information content (AvgIpc) is 2.45. The summed E-state index contributed by atoms with van der Waals surface area (Å²) >= 11 is 0. The van der Waals surface area contributed by atoms with Gasteiger partial charge in [0, 0.05) is 6.04 Å². The topological polar surface area (TPSA) is 35.2 Å². The SMILES string of the molecule is CCC1CCC(C(N)c2cccc(OC(F)(F)F)c2)CC1. The van der Waals surface area contributed by atoms with E-state index in [1.807, 2.05) is 0 Å². The molecule has 0 bridgehead atoms. The van der Waals surface area contributed by atoms with Crippen molar-refractivity contribution in [2.45, 2.75) is 51.4 Å². The second-order valence-electron chi connectivity index (χ2n) is 5.84. The van der Waals surface area contributed by atoms with E-state index in [1.54, 1.807) is 12.1 Å². The van der Waals surface area contributed by atoms with E-state index in [9.17, 15) is 13.2 Å². The van der Waals surface area contributed by atoms with Gasteiger partial charge in [-0.25, -0.2) is 0 Å². The van der Waals surface area contributed by atoms with E-state index in [2.05, 4.69) is 11.7 Å². The van der Waals surface area contributed by atoms with Gasteiger partial charge in [-0.05, 0) is 42.4 Å². The summed E-state index contributed by atoms with van der Waals surface area (Å²) in [6.07, 6.45) is 0.939. The summed E-state index contributed by atoms with van der Waals surface area (Å²) in [6, 6.07) is 5.83. The third kappa shape index (κ3) is 4.63. The van der Waals surface area contributed by atoms with Crippen LogP contribution in [0.3, 0.4) is 0 Å². The van der Waals surface area contributed by atoms with Crippen LogP contribution in [0.2, 0.25) is 0 Å². The van der Waals surface area contributed by atoms with Crippen molar-refractivity contribution >= 4 is 0 Å². The van der Waals surface area contributed by atoms with Gasteiger partial charge in [0.15, 0.2) is 0 Å². The van der Waals surface area contributed by atoms with Crippen LogP contribution in [0.15, 0.2) is 24.3 Å². The number of halogens is 3. The molecule has 1 fully saturated rings. The summed E-state index contributed by atoms with van der Waals surface area (Å²) in [6.45, 7) is 2.20. The number of rotatable bonds is 4. The van der Waals surface area contributed by atoms with Crippen molar-refractivity contribution in [1.29, 1.82) is 0 Å². The van der Waals surface area contributed by atoms with Crippen molar-refractivity contribution in [1.82, 2.24) is 0 Å². The Kier molecular flexibility index (Phi) is 5.14. The maximum Gasteiger partial charge on any atom is 0.573 e. The van der Waals surface area contributed by atoms with Crippen molar-refractivity contribution in [3.8, 4) is 5.75 Å². The molecular weight excluding hydrogens is 279 g/mol. The molecule has 1 aromatic rings. The van der Waals surface area contributed by atoms with E-state index in [0.717, 1.165) is 37.2 Å². The van der Waals surface area contributed by atoms with Crippen molar-refractivity contribution in [3.63, 3.8) is 0 Å². The highest BCUT2D eigenvalue weighted by molar-refractivity contribution is 5.31. The summed E-state index contributed by atoms with van der Waals surface area (Å²) < 4.78 is 40.7. The molecule has 21 heavy (non-hydrogen) atoms. The highest BCUT2D eigenvalue weighted by Gasteiger charge is 2.31. The van der Waals surface area contributed by atoms with Gasteiger partial charge in [-0.2, -0.15) is 0 Å². The molecule has 2 rings (SSSR count). The largest absolute Gasteiger partial charge is 0.573 e. The van der Waals surface area contributed by atoms with Crippen molar-refractivity contribution in [3.05, 3.63) is 29.8 Å². The zero-order chi connectivity index (χ0) is 15.5. The van der Waals surface area contributed by atoms with E-state index < -0.39 is 6.36 Å². The monoisotopic (exact) mass is 301 g/mol. The number of hydrogen-bond donors (Lipinski definition) is 1. The molecule has 118 valence electrons. The first kappa shape index (κ1) is 16.1. The van der Waals surface area contributed by atoms with Gasteiger partial charge >= 0.3 is 6.36 Å². The molecule has 1 saturated carbocycles. The predicted molar refractivity (Wildman–Crippen MR) is 75.8 cm³/mol. The number of ether oxygens (including phenoxy) is 1. The van der Waals surface area contributed by atoms with E-state index in [0.29, 0.717) is 5.92 Å². The van der Waals surface area contributed by atoms with Crippen LogP contribution in [0.5, 0.6) is 5.75 Å². The summed E-state index contributed by atoms with van der Waals surface area (Å²) in [4.78, 5) is 0. The lowest BCUT2D eigenvalue weighted by molar-refractivity contribution is -0.274. The maximum atomic E-state index is 12.3. The average molecular weight is 301 g/mol. The zero-order valence-corrected chi connectivity index (χ0v) is 12.2. The van der Waals surface area contributed by atoms with Crippen LogP contribution in [-0.2, 0) is 0 Å². The number of alkyl halides is 3. The molecule has 1 unspecified atom stereocenters. The Labute approximate surface area is 123 Å². The van der Waals surface area contributed by atoms with Crippen LogP contribution in [0.25, 0.3) is 0 Å². The van der Waals surface area contributed by atoms with E-state index >= 15 is 0 Å². The first-order valence-electron chi connectivity index (χ1n) is 7.50. The molecular formula is C16H22F3NO. The molecule has 5 heteroatoms. The normalized spacial score (nSPS) is 24.6. The molecule has 0 amide bonds. The van der Waals surface area contributed by atoms with E-state index in [1.165, 1.54) is 18.6 Å². The van der Waals surface area contributed by atoms with Gasteiger partial charge < -0.3 is 10.5 Å². The first-order valence-corrected chi connectivity index (χ1v) is 7.50. The van der Waals surface area contributed by atoms with Crippen LogP contribution >= 0.6 is 0 Å². The molecule has 2 N–H and O–H groups in total. The summed E-state index contributed by atoms with van der Waals surface area (Å²) in [5, 5.41) is 0. The second kappa shape index (κ2) is 6.69. The molecule has 0 aromatic heterocycles. The lowest BCUT2D eigenvalue weighted by atomic mass is 9.76. The third-order valence-corrected chi connectivity index (χ3v) is 4.45. The minimum atomic E-state index is -4.66. The molecule has 0 radical (unpaired) electrons. The number of benzene rings is 1. The Morgan fingerprint density at radius 2 is 1.90 bits per heavy atom. The van der Waals surface area contributed by atoms with Crippen LogP contribution < -0.4 is 10.5 Å². The molecule has 1 aromatic carbocycles. The molecule has 1 atom stereocenters. The molecule has 0 heterocycles. The third-order valence-electron chi connectivity index (χ3n) is 4.45. The van der Waals surface area contributed by atoms with E-state index in [4.69, 9.17) is 5.73 Å². The maximum absolute atomic E-state index is 12.3. The van der Waals surface area contributed by atoms with Crippen LogP contribution in [0.1, 0.15) is 50.6 Å². The minimum Gasteiger partial charge on any atom is -0.406 e. The van der Waals surface area contributed by atoms with Gasteiger partial charge in [0.1, 0.15) is 5.75 Å². The molecule has 1 aliphatic carbocycles. The number of hydrogen-bond acceptors (Lipinski definition) is 2. The van der Waals surface area contributed by atoms with Gasteiger partial charge in [-0.3, -0.25) is 0 Å². The molecule has 0 aliphatic heterocycles. The van der Waals surface area contributed by atoms with Gasteiger partial charge in [0.25, 0.3) is 0 Å². The fourth-order valence-corrected chi connectivity index (χ4v) is 3.15. The fraction of sp³-hybridized carbons (Fsp3) is 0.625. The smallest absolute Gasteiger partial charge is 0.406 e. The Morgan fingerprint density at radius 1 is 1.24 bits per heavy atom. The summed E-state index contributed by atoms with van der Waals surface area (Å²) in [5.41, 5.74) is 6.97. The Hall–Kier alpha value is -1.23. The standard InChI is InChI=1S/C16H22F3NO/c1-2-11-6-8-12(9-7-11)15(20)13-4-3-5-14(10-13)21-16(17,18)19/h3-5,10-12,15H,2,6-9,20H2,1H3. The summed E-state index contributed by atoms with van der Waals surface area (Å²) in [5.74, 6) is 0.917. The minimum absolute atomic E-state index is 0.197. The van der Waals surface area contributed by atoms with Crippen molar-refractivity contribution in [2.75, 3.05) is 0 Å². The molecule has 2 nitrogen and oxygen atoms in total.